The van der Waals surface area contributed by atoms with Gasteiger partial charge in [-0.2, -0.15) is 0 Å². The van der Waals surface area contributed by atoms with Crippen LogP contribution in [0, 0.1) is 0 Å². The first kappa shape index (κ1) is 20.9. The molecule has 4 aromatic rings. The zero-order valence-electron chi connectivity index (χ0n) is 18.5. The van der Waals surface area contributed by atoms with E-state index in [0.29, 0.717) is 12.5 Å². The summed E-state index contributed by atoms with van der Waals surface area (Å²) in [6, 6.07) is 14.9. The Kier molecular flexibility index (Phi) is 5.64. The minimum Gasteiger partial charge on any atom is -0.337 e. The van der Waals surface area contributed by atoms with Crippen LogP contribution in [0.4, 0.5) is 11.6 Å². The van der Waals surface area contributed by atoms with Gasteiger partial charge in [0, 0.05) is 31.2 Å². The van der Waals surface area contributed by atoms with E-state index in [-0.39, 0.29) is 18.2 Å². The summed E-state index contributed by atoms with van der Waals surface area (Å²) < 4.78 is 3.90. The Balaban J connectivity index is 1.36. The molecule has 0 radical (unpaired) electrons. The van der Waals surface area contributed by atoms with Crippen LogP contribution in [0.5, 0.6) is 0 Å². The van der Waals surface area contributed by atoms with E-state index >= 15 is 0 Å². The van der Waals surface area contributed by atoms with E-state index in [9.17, 15) is 9.59 Å². The van der Waals surface area contributed by atoms with E-state index in [1.54, 1.807) is 17.4 Å². The first-order valence-corrected chi connectivity index (χ1v) is 11.3. The molecule has 1 atom stereocenters. The lowest BCUT2D eigenvalue weighted by Crippen LogP contribution is -2.32. The summed E-state index contributed by atoms with van der Waals surface area (Å²) in [7, 11) is 0. The standard InChI is InChI=1S/C25H26N6O2/c1-2-18-8-10-19(11-9-18)27-23(32)16-22-24(33)30(14-5-13-29-15-12-26-17-29)25-28-20-6-3-4-7-21(20)31(22)25/h3-4,6-12,15,17,22H,2,5,13-14,16H2,1H3,(H,27,32). The zero-order valence-corrected chi connectivity index (χ0v) is 18.5. The Bertz CT molecular complexity index is 1280. The number of benzene rings is 2. The third-order valence-corrected chi connectivity index (χ3v) is 6.06. The number of para-hydroxylation sites is 2. The number of hydrogen-bond acceptors (Lipinski definition) is 4. The van der Waals surface area contributed by atoms with Crippen molar-refractivity contribution in [2.45, 2.75) is 38.8 Å². The van der Waals surface area contributed by atoms with Gasteiger partial charge in [-0.25, -0.2) is 9.97 Å². The molecule has 0 aliphatic carbocycles. The van der Waals surface area contributed by atoms with Gasteiger partial charge in [-0.05, 0) is 42.7 Å². The fourth-order valence-electron chi connectivity index (χ4n) is 4.35. The highest BCUT2D eigenvalue weighted by atomic mass is 16.2. The van der Waals surface area contributed by atoms with Crippen LogP contribution in [-0.4, -0.2) is 37.5 Å². The summed E-state index contributed by atoms with van der Waals surface area (Å²) in [5.74, 6) is 0.323. The maximum absolute atomic E-state index is 13.4. The van der Waals surface area contributed by atoms with Crippen molar-refractivity contribution >= 4 is 34.5 Å². The van der Waals surface area contributed by atoms with E-state index in [4.69, 9.17) is 4.98 Å². The second kappa shape index (κ2) is 8.90. The molecule has 1 unspecified atom stereocenters. The molecule has 0 fully saturated rings. The predicted octanol–water partition coefficient (Wildman–Crippen LogP) is 3.80. The second-order valence-corrected chi connectivity index (χ2v) is 8.23. The van der Waals surface area contributed by atoms with Crippen LogP contribution in [-0.2, 0) is 22.6 Å². The zero-order chi connectivity index (χ0) is 22.8. The van der Waals surface area contributed by atoms with Crippen molar-refractivity contribution in [1.82, 2.24) is 19.1 Å². The van der Waals surface area contributed by atoms with Gasteiger partial charge in [0.2, 0.25) is 11.9 Å². The molecule has 168 valence electrons. The molecular formula is C25H26N6O2. The number of carbonyl (C=O) groups excluding carboxylic acids is 2. The fourth-order valence-corrected chi connectivity index (χ4v) is 4.35. The molecule has 0 bridgehead atoms. The number of anilines is 2. The summed E-state index contributed by atoms with van der Waals surface area (Å²) in [6.07, 6.45) is 7.17. The van der Waals surface area contributed by atoms with E-state index in [0.717, 1.165) is 36.1 Å². The molecule has 3 heterocycles. The third-order valence-electron chi connectivity index (χ3n) is 6.06. The molecule has 2 aromatic heterocycles. The average molecular weight is 443 g/mol. The maximum atomic E-state index is 13.4. The molecule has 1 aliphatic rings. The summed E-state index contributed by atoms with van der Waals surface area (Å²) in [5, 5.41) is 2.93. The quantitative estimate of drug-likeness (QED) is 0.450. The van der Waals surface area contributed by atoms with Gasteiger partial charge in [-0.1, -0.05) is 31.2 Å². The fraction of sp³-hybridized carbons (Fsp3) is 0.280. The van der Waals surface area contributed by atoms with Gasteiger partial charge in [0.15, 0.2) is 0 Å². The minimum atomic E-state index is -0.615. The molecule has 1 aliphatic heterocycles. The predicted molar refractivity (Wildman–Crippen MR) is 127 cm³/mol. The normalized spacial score (nSPS) is 15.2. The molecular weight excluding hydrogens is 416 g/mol. The van der Waals surface area contributed by atoms with Gasteiger partial charge in [-0.3, -0.25) is 19.1 Å². The molecule has 2 aromatic carbocycles. The van der Waals surface area contributed by atoms with Crippen molar-refractivity contribution in [3.8, 4) is 0 Å². The van der Waals surface area contributed by atoms with Crippen LogP contribution in [0.25, 0.3) is 11.0 Å². The topological polar surface area (TPSA) is 85.1 Å². The van der Waals surface area contributed by atoms with Crippen molar-refractivity contribution in [3.05, 3.63) is 72.8 Å². The van der Waals surface area contributed by atoms with Gasteiger partial charge in [-0.15, -0.1) is 0 Å². The highest BCUT2D eigenvalue weighted by Gasteiger charge is 2.40. The Morgan fingerprint density at radius 1 is 1.09 bits per heavy atom. The molecule has 8 heteroatoms. The highest BCUT2D eigenvalue weighted by molar-refractivity contribution is 6.05. The first-order valence-electron chi connectivity index (χ1n) is 11.3. The largest absolute Gasteiger partial charge is 0.337 e. The van der Waals surface area contributed by atoms with Crippen molar-refractivity contribution < 1.29 is 9.59 Å². The molecule has 0 saturated heterocycles. The van der Waals surface area contributed by atoms with E-state index < -0.39 is 6.04 Å². The number of amides is 2. The Morgan fingerprint density at radius 2 is 1.91 bits per heavy atom. The molecule has 0 saturated carbocycles. The van der Waals surface area contributed by atoms with Gasteiger partial charge in [0.05, 0.1) is 23.8 Å². The minimum absolute atomic E-state index is 0.0553. The van der Waals surface area contributed by atoms with E-state index in [1.807, 2.05) is 63.9 Å². The summed E-state index contributed by atoms with van der Waals surface area (Å²) in [4.78, 5) is 36.8. The molecule has 8 nitrogen and oxygen atoms in total. The van der Waals surface area contributed by atoms with Crippen LogP contribution in [0.1, 0.15) is 31.4 Å². The lowest BCUT2D eigenvalue weighted by molar-refractivity contribution is -0.124. The lowest BCUT2D eigenvalue weighted by Gasteiger charge is -2.16. The van der Waals surface area contributed by atoms with E-state index in [1.165, 1.54) is 5.56 Å². The number of aromatic nitrogens is 4. The Labute approximate surface area is 191 Å². The lowest BCUT2D eigenvalue weighted by atomic mass is 10.1. The molecule has 1 N–H and O–H groups in total. The van der Waals surface area contributed by atoms with Gasteiger partial charge >= 0.3 is 0 Å². The molecule has 0 spiro atoms. The first-order chi connectivity index (χ1) is 16.1. The second-order valence-electron chi connectivity index (χ2n) is 8.23. The van der Waals surface area contributed by atoms with E-state index in [2.05, 4.69) is 17.2 Å². The molecule has 2 amide bonds. The Hall–Kier alpha value is -3.94. The number of imidazole rings is 2. The van der Waals surface area contributed by atoms with Crippen LogP contribution in [0.3, 0.4) is 0 Å². The van der Waals surface area contributed by atoms with Crippen LogP contribution in [0.15, 0.2) is 67.3 Å². The maximum Gasteiger partial charge on any atom is 0.253 e. The highest BCUT2D eigenvalue weighted by Crippen LogP contribution is 2.36. The van der Waals surface area contributed by atoms with Crippen LogP contribution in [0.2, 0.25) is 0 Å². The number of hydrogen-bond donors (Lipinski definition) is 1. The number of nitrogens with zero attached hydrogens (tertiary/aromatic N) is 5. The monoisotopic (exact) mass is 442 g/mol. The van der Waals surface area contributed by atoms with Crippen molar-refractivity contribution in [1.29, 1.82) is 0 Å². The van der Waals surface area contributed by atoms with Gasteiger partial charge in [0.25, 0.3) is 5.91 Å². The third kappa shape index (κ3) is 4.11. The van der Waals surface area contributed by atoms with Crippen LogP contribution < -0.4 is 10.2 Å². The summed E-state index contributed by atoms with van der Waals surface area (Å²) in [6.45, 7) is 3.37. The van der Waals surface area contributed by atoms with Crippen molar-refractivity contribution in [2.75, 3.05) is 16.8 Å². The molecule has 33 heavy (non-hydrogen) atoms. The van der Waals surface area contributed by atoms with Crippen molar-refractivity contribution in [3.63, 3.8) is 0 Å². The number of carbonyl (C=O) groups is 2. The summed E-state index contributed by atoms with van der Waals surface area (Å²) in [5.41, 5.74) is 3.62. The van der Waals surface area contributed by atoms with Crippen molar-refractivity contribution in [2.24, 2.45) is 0 Å². The number of rotatable bonds is 8. The smallest absolute Gasteiger partial charge is 0.253 e. The molecule has 5 rings (SSSR count). The van der Waals surface area contributed by atoms with Gasteiger partial charge < -0.3 is 9.88 Å². The average Bonchev–Trinajstić information content (AvgIpc) is 3.53. The Morgan fingerprint density at radius 3 is 2.67 bits per heavy atom. The number of nitrogens with one attached hydrogen (secondary N) is 1. The SMILES string of the molecule is CCc1ccc(NC(=O)CC2C(=O)N(CCCn3ccnc3)c3nc4ccccc4n32)cc1. The number of aryl methyl sites for hydroxylation is 2. The van der Waals surface area contributed by atoms with Gasteiger partial charge in [0.1, 0.15) is 6.04 Å². The summed E-state index contributed by atoms with van der Waals surface area (Å²) >= 11 is 0. The number of fused-ring (bicyclic) bond motifs is 3. The van der Waals surface area contributed by atoms with Crippen LogP contribution >= 0.6 is 0 Å².